The fourth-order valence-electron chi connectivity index (χ4n) is 1.31. The first-order valence-electron chi connectivity index (χ1n) is 5.25. The number of nitrogens with one attached hydrogen (secondary N) is 2. The number of aliphatic hydroxyl groups excluding tert-OH is 2. The van der Waals surface area contributed by atoms with E-state index >= 15 is 0 Å². The minimum atomic E-state index is -0.524. The summed E-state index contributed by atoms with van der Waals surface area (Å²) in [5, 5.41) is 22.8. The number of rotatable bonds is 8. The number of anilines is 2. The summed E-state index contributed by atoms with van der Waals surface area (Å²) < 4.78 is 0. The highest BCUT2D eigenvalue weighted by molar-refractivity contribution is 5.73. The first kappa shape index (κ1) is 12.7. The number of hydrogen-bond acceptors (Lipinski definition) is 6. The van der Waals surface area contributed by atoms with Crippen molar-refractivity contribution in [3.63, 3.8) is 0 Å². The fourth-order valence-corrected chi connectivity index (χ4v) is 1.31. The minimum absolute atomic E-state index is 0.0374. The molecule has 0 aromatic heterocycles. The number of hydrogen-bond donors (Lipinski definition) is 4. The maximum absolute atomic E-state index is 11.2. The van der Waals surface area contributed by atoms with E-state index in [2.05, 4.69) is 10.6 Å². The number of aliphatic hydroxyl groups is 2. The summed E-state index contributed by atoms with van der Waals surface area (Å²) in [6.45, 7) is 0.984. The van der Waals surface area contributed by atoms with Crippen LogP contribution >= 0.6 is 0 Å². The highest BCUT2D eigenvalue weighted by Crippen LogP contribution is 2.13. The van der Waals surface area contributed by atoms with E-state index in [9.17, 15) is 9.59 Å². The van der Waals surface area contributed by atoms with Gasteiger partial charge in [0.15, 0.2) is 0 Å². The molecule has 0 fully saturated rings. The first-order chi connectivity index (χ1) is 7.72. The largest absolute Gasteiger partial charge is 0.396 e. The predicted octanol–water partition coefficient (Wildman–Crippen LogP) is -1.13. The van der Waals surface area contributed by atoms with Gasteiger partial charge >= 0.3 is 0 Å². The summed E-state index contributed by atoms with van der Waals surface area (Å²) >= 11 is 0. The lowest BCUT2D eigenvalue weighted by atomic mass is 10.2. The molecule has 0 aliphatic heterocycles. The Morgan fingerprint density at radius 1 is 0.812 bits per heavy atom. The Balaban J connectivity index is 2.52. The van der Waals surface area contributed by atoms with Crippen LogP contribution in [0.5, 0.6) is 0 Å². The van der Waals surface area contributed by atoms with Crippen molar-refractivity contribution in [2.24, 2.45) is 0 Å². The Morgan fingerprint density at radius 2 is 1.19 bits per heavy atom. The van der Waals surface area contributed by atoms with Gasteiger partial charge in [0, 0.05) is 26.3 Å². The van der Waals surface area contributed by atoms with Crippen LogP contribution in [0.1, 0.15) is 12.8 Å². The molecule has 0 saturated carbocycles. The molecule has 0 heterocycles. The molecule has 1 rings (SSSR count). The van der Waals surface area contributed by atoms with Crippen LogP contribution in [0, 0.1) is 0 Å². The average molecular weight is 228 g/mol. The van der Waals surface area contributed by atoms with Crippen LogP contribution in [-0.4, -0.2) is 36.5 Å². The zero-order valence-corrected chi connectivity index (χ0v) is 8.95. The van der Waals surface area contributed by atoms with Crippen molar-refractivity contribution in [3.8, 4) is 0 Å². The van der Waals surface area contributed by atoms with E-state index in [0.29, 0.717) is 25.9 Å². The summed E-state index contributed by atoms with van der Waals surface area (Å²) in [4.78, 5) is 22.4. The van der Waals surface area contributed by atoms with Crippen molar-refractivity contribution in [2.45, 2.75) is 12.8 Å². The van der Waals surface area contributed by atoms with Crippen molar-refractivity contribution >= 4 is 11.4 Å². The summed E-state index contributed by atoms with van der Waals surface area (Å²) in [5.41, 5.74) is -0.471. The van der Waals surface area contributed by atoms with Crippen LogP contribution < -0.4 is 21.5 Å². The maximum atomic E-state index is 11.2. The van der Waals surface area contributed by atoms with Gasteiger partial charge in [-0.05, 0) is 12.8 Å². The van der Waals surface area contributed by atoms with E-state index in [4.69, 9.17) is 10.2 Å². The highest BCUT2D eigenvalue weighted by Gasteiger charge is 2.19. The molecular formula is C10H16N2O4. The summed E-state index contributed by atoms with van der Waals surface area (Å²) in [7, 11) is 0. The van der Waals surface area contributed by atoms with Crippen LogP contribution in [0.25, 0.3) is 0 Å². The molecule has 0 aliphatic rings. The molecule has 0 atom stereocenters. The summed E-state index contributed by atoms with van der Waals surface area (Å²) in [5.74, 6) is 0. The van der Waals surface area contributed by atoms with Gasteiger partial charge < -0.3 is 20.8 Å². The third-order valence-corrected chi connectivity index (χ3v) is 2.18. The molecular weight excluding hydrogens is 212 g/mol. The second-order valence-electron chi connectivity index (χ2n) is 3.42. The van der Waals surface area contributed by atoms with Gasteiger partial charge in [0.2, 0.25) is 0 Å². The van der Waals surface area contributed by atoms with E-state index in [1.807, 2.05) is 0 Å². The van der Waals surface area contributed by atoms with Gasteiger partial charge in [-0.25, -0.2) is 0 Å². The first-order valence-corrected chi connectivity index (χ1v) is 5.25. The van der Waals surface area contributed by atoms with Crippen LogP contribution in [0.2, 0.25) is 0 Å². The van der Waals surface area contributed by atoms with Gasteiger partial charge in [-0.1, -0.05) is 0 Å². The van der Waals surface area contributed by atoms with Gasteiger partial charge in [-0.2, -0.15) is 0 Å². The Bertz CT molecular complexity index is 358. The average Bonchev–Trinajstić information content (AvgIpc) is 2.31. The smallest absolute Gasteiger partial charge is 0.253 e. The predicted molar refractivity (Wildman–Crippen MR) is 61.7 cm³/mol. The molecule has 0 bridgehead atoms. The minimum Gasteiger partial charge on any atom is -0.396 e. The molecule has 90 valence electrons. The zero-order valence-electron chi connectivity index (χ0n) is 8.95. The van der Waals surface area contributed by atoms with Gasteiger partial charge in [0.1, 0.15) is 11.4 Å². The van der Waals surface area contributed by atoms with E-state index < -0.39 is 10.9 Å². The molecule has 6 nitrogen and oxygen atoms in total. The molecule has 4 N–H and O–H groups in total. The van der Waals surface area contributed by atoms with Gasteiger partial charge in [-0.15, -0.1) is 0 Å². The Hall–Kier alpha value is -1.40. The standard InChI is InChI=1S/C10H16N2O4/c13-5-1-3-11-7-8(10(16)9(7)15)12-4-2-6-14/h11-14H,1-6H2. The second-order valence-corrected chi connectivity index (χ2v) is 3.42. The molecule has 0 amide bonds. The maximum Gasteiger partial charge on any atom is 0.253 e. The molecule has 6 heteroatoms. The lowest BCUT2D eigenvalue weighted by Gasteiger charge is -2.14. The van der Waals surface area contributed by atoms with Crippen molar-refractivity contribution in [1.82, 2.24) is 0 Å². The van der Waals surface area contributed by atoms with Crippen molar-refractivity contribution in [2.75, 3.05) is 36.9 Å². The topological polar surface area (TPSA) is 98.7 Å². The molecule has 16 heavy (non-hydrogen) atoms. The zero-order chi connectivity index (χ0) is 12.0. The Labute approximate surface area is 92.6 Å². The molecule has 0 aliphatic carbocycles. The fraction of sp³-hybridized carbons (Fsp3) is 0.600. The van der Waals surface area contributed by atoms with E-state index in [-0.39, 0.29) is 24.6 Å². The van der Waals surface area contributed by atoms with Gasteiger partial charge in [0.05, 0.1) is 0 Å². The van der Waals surface area contributed by atoms with Gasteiger partial charge in [-0.3, -0.25) is 9.59 Å². The molecule has 0 radical (unpaired) electrons. The summed E-state index contributed by atoms with van der Waals surface area (Å²) in [6.07, 6.45) is 1.05. The third-order valence-electron chi connectivity index (χ3n) is 2.18. The molecule has 0 spiro atoms. The lowest BCUT2D eigenvalue weighted by molar-refractivity contribution is 0.292. The second kappa shape index (κ2) is 6.24. The van der Waals surface area contributed by atoms with Crippen molar-refractivity contribution in [1.29, 1.82) is 0 Å². The van der Waals surface area contributed by atoms with Crippen LogP contribution in [0.15, 0.2) is 9.59 Å². The normalized spacial score (nSPS) is 10.6. The monoisotopic (exact) mass is 228 g/mol. The van der Waals surface area contributed by atoms with E-state index in [1.165, 1.54) is 0 Å². The molecule has 0 saturated heterocycles. The molecule has 1 aromatic carbocycles. The van der Waals surface area contributed by atoms with E-state index in [1.54, 1.807) is 0 Å². The van der Waals surface area contributed by atoms with Crippen LogP contribution in [-0.2, 0) is 0 Å². The molecule has 1 aromatic rings. The Morgan fingerprint density at radius 3 is 1.50 bits per heavy atom. The highest BCUT2D eigenvalue weighted by atomic mass is 16.3. The lowest BCUT2D eigenvalue weighted by Crippen LogP contribution is -2.37. The summed E-state index contributed by atoms with van der Waals surface area (Å²) in [6, 6.07) is 0. The molecule has 0 unspecified atom stereocenters. The van der Waals surface area contributed by atoms with Crippen LogP contribution in [0.4, 0.5) is 11.4 Å². The quantitative estimate of drug-likeness (QED) is 0.332. The third kappa shape index (κ3) is 2.80. The van der Waals surface area contributed by atoms with Crippen LogP contribution in [0.3, 0.4) is 0 Å². The van der Waals surface area contributed by atoms with Crippen molar-refractivity contribution in [3.05, 3.63) is 20.4 Å². The van der Waals surface area contributed by atoms with Crippen molar-refractivity contribution < 1.29 is 10.2 Å². The van der Waals surface area contributed by atoms with E-state index in [0.717, 1.165) is 0 Å². The SMILES string of the molecule is O=c1c(NCCCO)c(NCCCO)c1=O. The Kier molecular flexibility index (Phi) is 4.94. The van der Waals surface area contributed by atoms with Gasteiger partial charge in [0.25, 0.3) is 10.9 Å².